The Labute approximate surface area is 154 Å². The van der Waals surface area contributed by atoms with E-state index < -0.39 is 21.5 Å². The van der Waals surface area contributed by atoms with Gasteiger partial charge in [-0.1, -0.05) is 26.0 Å². The Kier molecular flexibility index (Phi) is 5.20. The predicted octanol–water partition coefficient (Wildman–Crippen LogP) is 5.07. The van der Waals surface area contributed by atoms with E-state index in [1.54, 1.807) is 12.1 Å². The molecule has 0 spiro atoms. The maximum Gasteiger partial charge on any atom is 0.175 e. The third kappa shape index (κ3) is 4.14. The van der Waals surface area contributed by atoms with E-state index in [4.69, 9.17) is 0 Å². The first-order valence-electron chi connectivity index (χ1n) is 8.81. The van der Waals surface area contributed by atoms with Crippen LogP contribution in [0.15, 0.2) is 41.3 Å². The van der Waals surface area contributed by atoms with Crippen molar-refractivity contribution in [2.45, 2.75) is 43.9 Å². The molecule has 139 valence electrons. The zero-order valence-electron chi connectivity index (χ0n) is 15.2. The van der Waals surface area contributed by atoms with Crippen molar-refractivity contribution >= 4 is 9.84 Å². The maximum absolute atomic E-state index is 14.2. The van der Waals surface area contributed by atoms with Crippen LogP contribution in [0.1, 0.15) is 49.3 Å². The molecule has 3 rings (SSSR count). The summed E-state index contributed by atoms with van der Waals surface area (Å²) in [5.74, 6) is 0.500. The predicted molar refractivity (Wildman–Crippen MR) is 98.8 cm³/mol. The minimum atomic E-state index is -3.29. The van der Waals surface area contributed by atoms with Gasteiger partial charge in [-0.15, -0.1) is 0 Å². The fraction of sp³-hybridized carbons (Fsp3) is 0.381. The lowest BCUT2D eigenvalue weighted by Gasteiger charge is -2.23. The highest BCUT2D eigenvalue weighted by Gasteiger charge is 2.35. The van der Waals surface area contributed by atoms with Gasteiger partial charge >= 0.3 is 0 Å². The lowest BCUT2D eigenvalue weighted by Crippen LogP contribution is -2.12. The smallest absolute Gasteiger partial charge is 0.175 e. The molecule has 0 amide bonds. The highest BCUT2D eigenvalue weighted by molar-refractivity contribution is 7.90. The molecule has 0 atom stereocenters. The standard InChI is InChI=1S/C21H23F2O2S/c1-13(2)19-12-17(26(3,24)25)8-9-18(19)20(14-4-5-14)10-15-6-7-16(22)11-21(15)23/h6-9,11-14H,4-5,10H2,1-3H3. The molecule has 1 fully saturated rings. The second-order valence-corrected chi connectivity index (χ2v) is 9.40. The van der Waals surface area contributed by atoms with Crippen molar-refractivity contribution in [2.75, 3.05) is 6.26 Å². The molecule has 0 unspecified atom stereocenters. The molecule has 26 heavy (non-hydrogen) atoms. The highest BCUT2D eigenvalue weighted by Crippen LogP contribution is 2.46. The Bertz CT molecular complexity index is 916. The van der Waals surface area contributed by atoms with Gasteiger partial charge in [0.1, 0.15) is 11.6 Å². The van der Waals surface area contributed by atoms with Crippen molar-refractivity contribution in [1.29, 1.82) is 0 Å². The summed E-state index contributed by atoms with van der Waals surface area (Å²) in [6.07, 6.45) is 3.70. The van der Waals surface area contributed by atoms with E-state index in [2.05, 4.69) is 0 Å². The largest absolute Gasteiger partial charge is 0.224 e. The molecule has 2 aromatic carbocycles. The zero-order chi connectivity index (χ0) is 19.1. The average Bonchev–Trinajstić information content (AvgIpc) is 3.37. The monoisotopic (exact) mass is 377 g/mol. The van der Waals surface area contributed by atoms with Gasteiger partial charge in [0.05, 0.1) is 4.90 Å². The molecule has 1 aliphatic rings. The van der Waals surface area contributed by atoms with Gasteiger partial charge in [0.25, 0.3) is 0 Å². The quantitative estimate of drug-likeness (QED) is 0.705. The molecule has 0 saturated heterocycles. The first-order valence-corrected chi connectivity index (χ1v) is 10.7. The summed E-state index contributed by atoms with van der Waals surface area (Å²) < 4.78 is 51.2. The minimum Gasteiger partial charge on any atom is -0.224 e. The van der Waals surface area contributed by atoms with E-state index in [-0.39, 0.29) is 5.92 Å². The molecule has 1 aliphatic carbocycles. The summed E-state index contributed by atoms with van der Waals surface area (Å²) in [5.41, 5.74) is 2.42. The van der Waals surface area contributed by atoms with Crippen LogP contribution in [0, 0.1) is 23.5 Å². The molecule has 2 nitrogen and oxygen atoms in total. The molecule has 0 aromatic heterocycles. The number of halogens is 2. The molecular weight excluding hydrogens is 354 g/mol. The molecule has 0 bridgehead atoms. The normalized spacial score (nSPS) is 15.0. The van der Waals surface area contributed by atoms with E-state index in [0.717, 1.165) is 36.0 Å². The summed E-state index contributed by atoms with van der Waals surface area (Å²) in [6.45, 7) is 4.04. The number of hydrogen-bond donors (Lipinski definition) is 0. The van der Waals surface area contributed by atoms with E-state index in [9.17, 15) is 17.2 Å². The summed E-state index contributed by atoms with van der Waals surface area (Å²) in [6, 6.07) is 8.89. The first-order chi connectivity index (χ1) is 12.2. The van der Waals surface area contributed by atoms with Gasteiger partial charge < -0.3 is 0 Å². The Balaban J connectivity index is 2.03. The van der Waals surface area contributed by atoms with Crippen LogP contribution in [0.5, 0.6) is 0 Å². The van der Waals surface area contributed by atoms with E-state index in [1.165, 1.54) is 18.4 Å². The van der Waals surface area contributed by atoms with Gasteiger partial charge in [-0.3, -0.25) is 0 Å². The van der Waals surface area contributed by atoms with Crippen LogP contribution in [-0.4, -0.2) is 14.7 Å². The molecule has 2 aromatic rings. The topological polar surface area (TPSA) is 34.1 Å². The Hall–Kier alpha value is -1.75. The Morgan fingerprint density at radius 1 is 1.12 bits per heavy atom. The lowest BCUT2D eigenvalue weighted by atomic mass is 9.82. The van der Waals surface area contributed by atoms with Crippen LogP contribution in [-0.2, 0) is 16.3 Å². The van der Waals surface area contributed by atoms with Crippen molar-refractivity contribution < 1.29 is 17.2 Å². The van der Waals surface area contributed by atoms with Crippen molar-refractivity contribution in [1.82, 2.24) is 0 Å². The van der Waals surface area contributed by atoms with Crippen molar-refractivity contribution in [3.63, 3.8) is 0 Å². The third-order valence-electron chi connectivity index (χ3n) is 4.89. The Morgan fingerprint density at radius 2 is 1.81 bits per heavy atom. The van der Waals surface area contributed by atoms with E-state index in [1.807, 2.05) is 19.9 Å². The third-order valence-corrected chi connectivity index (χ3v) is 6.00. The molecule has 0 aliphatic heterocycles. The van der Waals surface area contributed by atoms with Crippen molar-refractivity contribution in [3.05, 3.63) is 70.6 Å². The lowest BCUT2D eigenvalue weighted by molar-refractivity contribution is 0.570. The summed E-state index contributed by atoms with van der Waals surface area (Å²) in [7, 11) is -3.29. The number of rotatable bonds is 6. The van der Waals surface area contributed by atoms with E-state index in [0.29, 0.717) is 22.8 Å². The number of sulfone groups is 1. The maximum atomic E-state index is 14.2. The molecule has 1 saturated carbocycles. The number of hydrogen-bond acceptors (Lipinski definition) is 2. The van der Waals surface area contributed by atoms with Gasteiger partial charge in [0.15, 0.2) is 9.84 Å². The molecular formula is C21H23F2O2S. The molecule has 1 radical (unpaired) electrons. The van der Waals surface area contributed by atoms with Crippen molar-refractivity contribution in [3.8, 4) is 0 Å². The molecule has 5 heteroatoms. The zero-order valence-corrected chi connectivity index (χ0v) is 16.0. The van der Waals surface area contributed by atoms with Gasteiger partial charge in [0.2, 0.25) is 0 Å². The fourth-order valence-corrected chi connectivity index (χ4v) is 3.96. The molecule has 0 N–H and O–H groups in total. The SMILES string of the molecule is CC(C)c1cc(S(C)(=O)=O)ccc1[C](Cc1ccc(F)cc1F)C1CC1. The fourth-order valence-electron chi connectivity index (χ4n) is 3.30. The highest BCUT2D eigenvalue weighted by atomic mass is 32.2. The van der Waals surface area contributed by atoms with Gasteiger partial charge in [0, 0.05) is 18.2 Å². The number of benzene rings is 2. The summed E-state index contributed by atoms with van der Waals surface area (Å²) >= 11 is 0. The average molecular weight is 377 g/mol. The van der Waals surface area contributed by atoms with Crippen LogP contribution in [0.25, 0.3) is 0 Å². The van der Waals surface area contributed by atoms with Crippen LogP contribution in [0.2, 0.25) is 0 Å². The van der Waals surface area contributed by atoms with Crippen LogP contribution >= 0.6 is 0 Å². The van der Waals surface area contributed by atoms with Crippen LogP contribution < -0.4 is 0 Å². The summed E-state index contributed by atoms with van der Waals surface area (Å²) in [4.78, 5) is 0.299. The van der Waals surface area contributed by atoms with E-state index >= 15 is 0 Å². The van der Waals surface area contributed by atoms with Crippen LogP contribution in [0.3, 0.4) is 0 Å². The van der Waals surface area contributed by atoms with Crippen molar-refractivity contribution in [2.24, 2.45) is 5.92 Å². The van der Waals surface area contributed by atoms with Crippen LogP contribution in [0.4, 0.5) is 8.78 Å². The second-order valence-electron chi connectivity index (χ2n) is 7.39. The first kappa shape index (κ1) is 19.0. The van der Waals surface area contributed by atoms with Gasteiger partial charge in [-0.05, 0) is 66.0 Å². The Morgan fingerprint density at radius 3 is 2.35 bits per heavy atom. The summed E-state index contributed by atoms with van der Waals surface area (Å²) in [5, 5.41) is 0. The second kappa shape index (κ2) is 7.10. The van der Waals surface area contributed by atoms with Gasteiger partial charge in [-0.25, -0.2) is 17.2 Å². The van der Waals surface area contributed by atoms with Gasteiger partial charge in [-0.2, -0.15) is 0 Å². The molecule has 0 heterocycles. The minimum absolute atomic E-state index is 0.138.